The molecule has 84 valence electrons. The van der Waals surface area contributed by atoms with Crippen LogP contribution in [0.4, 0.5) is 8.78 Å². The number of rotatable bonds is 3. The van der Waals surface area contributed by atoms with E-state index in [4.69, 9.17) is 5.11 Å². The summed E-state index contributed by atoms with van der Waals surface area (Å²) in [6, 6.07) is 1.51. The average Bonchev–Trinajstić information content (AvgIpc) is 2.09. The highest BCUT2D eigenvalue weighted by Crippen LogP contribution is 2.20. The second-order valence-corrected chi connectivity index (χ2v) is 5.11. The summed E-state index contributed by atoms with van der Waals surface area (Å²) in [4.78, 5) is -0.675. The normalized spacial score (nSPS) is 11.7. The Bertz CT molecular complexity index is 468. The standard InChI is InChI=1S/C9H10F2O3S/c1-15(13,14)8-5-7(10)4-6(2-3-12)9(8)11/h4-5,12H,2-3H2,1H3. The molecule has 0 aliphatic carbocycles. The number of hydrogen-bond donors (Lipinski definition) is 1. The summed E-state index contributed by atoms with van der Waals surface area (Å²) in [7, 11) is -3.79. The Morgan fingerprint density at radius 3 is 2.40 bits per heavy atom. The van der Waals surface area contributed by atoms with Crippen LogP contribution in [0.5, 0.6) is 0 Å². The molecule has 6 heteroatoms. The lowest BCUT2D eigenvalue weighted by atomic mass is 10.1. The van der Waals surface area contributed by atoms with Crippen LogP contribution in [0, 0.1) is 11.6 Å². The zero-order valence-corrected chi connectivity index (χ0v) is 8.81. The van der Waals surface area contributed by atoms with Crippen LogP contribution in [0.1, 0.15) is 5.56 Å². The molecule has 0 spiro atoms. The van der Waals surface area contributed by atoms with Crippen molar-refractivity contribution >= 4 is 9.84 Å². The Hall–Kier alpha value is -1.01. The summed E-state index contributed by atoms with van der Waals surface area (Å²) >= 11 is 0. The minimum Gasteiger partial charge on any atom is -0.396 e. The topological polar surface area (TPSA) is 54.4 Å². The van der Waals surface area contributed by atoms with E-state index in [1.165, 1.54) is 0 Å². The van der Waals surface area contributed by atoms with Gasteiger partial charge in [0.25, 0.3) is 0 Å². The van der Waals surface area contributed by atoms with Crippen molar-refractivity contribution in [3.8, 4) is 0 Å². The van der Waals surface area contributed by atoms with Gasteiger partial charge >= 0.3 is 0 Å². The van der Waals surface area contributed by atoms with Gasteiger partial charge in [0.15, 0.2) is 9.84 Å². The number of halogens is 2. The van der Waals surface area contributed by atoms with Crippen molar-refractivity contribution in [1.82, 2.24) is 0 Å². The zero-order valence-electron chi connectivity index (χ0n) is 8.00. The lowest BCUT2D eigenvalue weighted by molar-refractivity contribution is 0.297. The molecule has 0 aromatic heterocycles. The summed E-state index contributed by atoms with van der Waals surface area (Å²) in [5, 5.41) is 8.59. The van der Waals surface area contributed by atoms with Crippen LogP contribution >= 0.6 is 0 Å². The lowest BCUT2D eigenvalue weighted by Crippen LogP contribution is -2.06. The number of sulfone groups is 1. The Labute approximate surface area is 86.3 Å². The molecule has 0 amide bonds. The third-order valence-electron chi connectivity index (χ3n) is 1.86. The fraction of sp³-hybridized carbons (Fsp3) is 0.333. The van der Waals surface area contributed by atoms with E-state index in [1.807, 2.05) is 0 Å². The molecular formula is C9H10F2O3S. The third-order valence-corrected chi connectivity index (χ3v) is 2.96. The van der Waals surface area contributed by atoms with E-state index in [-0.39, 0.29) is 18.6 Å². The monoisotopic (exact) mass is 236 g/mol. The van der Waals surface area contributed by atoms with Gasteiger partial charge in [-0.05, 0) is 24.1 Å². The summed E-state index contributed by atoms with van der Waals surface area (Å²) in [5.74, 6) is -1.83. The van der Waals surface area contributed by atoms with E-state index in [0.29, 0.717) is 6.07 Å². The minimum atomic E-state index is -3.79. The van der Waals surface area contributed by atoms with E-state index >= 15 is 0 Å². The van der Waals surface area contributed by atoms with E-state index in [1.54, 1.807) is 0 Å². The second kappa shape index (κ2) is 4.24. The van der Waals surface area contributed by atoms with Gasteiger partial charge in [0.1, 0.15) is 16.5 Å². The van der Waals surface area contributed by atoms with Gasteiger partial charge in [-0.1, -0.05) is 0 Å². The predicted molar refractivity (Wildman–Crippen MR) is 50.3 cm³/mol. The highest BCUT2D eigenvalue weighted by molar-refractivity contribution is 7.90. The van der Waals surface area contributed by atoms with E-state index < -0.39 is 26.4 Å². The molecule has 0 bridgehead atoms. The van der Waals surface area contributed by atoms with E-state index in [2.05, 4.69) is 0 Å². The van der Waals surface area contributed by atoms with Crippen molar-refractivity contribution < 1.29 is 22.3 Å². The Morgan fingerprint density at radius 1 is 1.33 bits per heavy atom. The first-order valence-corrected chi connectivity index (χ1v) is 6.04. The molecule has 0 unspecified atom stereocenters. The average molecular weight is 236 g/mol. The van der Waals surface area contributed by atoms with E-state index in [9.17, 15) is 17.2 Å². The molecule has 0 atom stereocenters. The molecule has 0 fully saturated rings. The van der Waals surface area contributed by atoms with Crippen molar-refractivity contribution in [3.63, 3.8) is 0 Å². The number of hydrogen-bond acceptors (Lipinski definition) is 3. The van der Waals surface area contributed by atoms with Crippen LogP contribution in [0.3, 0.4) is 0 Å². The predicted octanol–water partition coefficient (Wildman–Crippen LogP) is 0.903. The fourth-order valence-electron chi connectivity index (χ4n) is 1.19. The van der Waals surface area contributed by atoms with Crippen LogP contribution in [0.25, 0.3) is 0 Å². The summed E-state index contributed by atoms with van der Waals surface area (Å²) in [5.41, 5.74) is -0.141. The number of benzene rings is 1. The Morgan fingerprint density at radius 2 is 1.93 bits per heavy atom. The maximum absolute atomic E-state index is 13.5. The first-order valence-electron chi connectivity index (χ1n) is 4.15. The molecule has 1 aromatic carbocycles. The molecule has 0 aliphatic rings. The van der Waals surface area contributed by atoms with Crippen molar-refractivity contribution in [3.05, 3.63) is 29.3 Å². The van der Waals surface area contributed by atoms with Gasteiger partial charge in [0.2, 0.25) is 0 Å². The van der Waals surface area contributed by atoms with Gasteiger partial charge in [-0.3, -0.25) is 0 Å². The number of aliphatic hydroxyl groups excluding tert-OH is 1. The van der Waals surface area contributed by atoms with Crippen LogP contribution in [-0.4, -0.2) is 26.4 Å². The molecule has 0 saturated heterocycles. The summed E-state index contributed by atoms with van der Waals surface area (Å²) in [6.07, 6.45) is 0.680. The fourth-order valence-corrected chi connectivity index (χ4v) is 1.97. The molecule has 1 aromatic rings. The third kappa shape index (κ3) is 2.73. The first kappa shape index (κ1) is 12.1. The van der Waals surface area contributed by atoms with Crippen LogP contribution in [0.2, 0.25) is 0 Å². The molecule has 0 heterocycles. The van der Waals surface area contributed by atoms with Crippen molar-refractivity contribution in [2.24, 2.45) is 0 Å². The van der Waals surface area contributed by atoms with Gasteiger partial charge in [-0.15, -0.1) is 0 Å². The quantitative estimate of drug-likeness (QED) is 0.848. The van der Waals surface area contributed by atoms with Crippen LogP contribution in [-0.2, 0) is 16.3 Å². The van der Waals surface area contributed by atoms with Crippen molar-refractivity contribution in [2.75, 3.05) is 12.9 Å². The van der Waals surface area contributed by atoms with Gasteiger partial charge < -0.3 is 5.11 Å². The summed E-state index contributed by atoms with van der Waals surface area (Å²) < 4.78 is 48.6. The maximum Gasteiger partial charge on any atom is 0.178 e. The van der Waals surface area contributed by atoms with Crippen LogP contribution < -0.4 is 0 Å². The second-order valence-electron chi connectivity index (χ2n) is 3.12. The smallest absolute Gasteiger partial charge is 0.178 e. The molecule has 0 saturated carbocycles. The SMILES string of the molecule is CS(=O)(=O)c1cc(F)cc(CCO)c1F. The Balaban J connectivity index is 3.42. The van der Waals surface area contributed by atoms with Gasteiger partial charge in [-0.25, -0.2) is 17.2 Å². The zero-order chi connectivity index (χ0) is 11.6. The van der Waals surface area contributed by atoms with Crippen molar-refractivity contribution in [1.29, 1.82) is 0 Å². The lowest BCUT2D eigenvalue weighted by Gasteiger charge is -2.06. The maximum atomic E-state index is 13.5. The molecular weight excluding hydrogens is 226 g/mol. The van der Waals surface area contributed by atoms with Gasteiger partial charge in [-0.2, -0.15) is 0 Å². The summed E-state index contributed by atoms with van der Waals surface area (Å²) in [6.45, 7) is -0.371. The highest BCUT2D eigenvalue weighted by Gasteiger charge is 2.18. The molecule has 1 N–H and O–H groups in total. The Kier molecular flexibility index (Phi) is 3.41. The molecule has 0 aliphatic heterocycles. The molecule has 15 heavy (non-hydrogen) atoms. The van der Waals surface area contributed by atoms with Gasteiger partial charge in [0, 0.05) is 12.9 Å². The highest BCUT2D eigenvalue weighted by atomic mass is 32.2. The van der Waals surface area contributed by atoms with Crippen LogP contribution in [0.15, 0.2) is 17.0 Å². The van der Waals surface area contributed by atoms with Gasteiger partial charge in [0.05, 0.1) is 0 Å². The number of aliphatic hydroxyl groups is 1. The first-order chi connectivity index (χ1) is 6.86. The molecule has 0 radical (unpaired) electrons. The van der Waals surface area contributed by atoms with E-state index in [0.717, 1.165) is 12.3 Å². The molecule has 3 nitrogen and oxygen atoms in total. The largest absolute Gasteiger partial charge is 0.396 e. The van der Waals surface area contributed by atoms with Crippen molar-refractivity contribution in [2.45, 2.75) is 11.3 Å². The molecule has 1 rings (SSSR count). The minimum absolute atomic E-state index is 0.119.